The van der Waals surface area contributed by atoms with Gasteiger partial charge in [0.2, 0.25) is 0 Å². The van der Waals surface area contributed by atoms with Gasteiger partial charge in [0, 0.05) is 38.6 Å². The van der Waals surface area contributed by atoms with E-state index in [1.807, 2.05) is 13.2 Å². The summed E-state index contributed by atoms with van der Waals surface area (Å²) in [7, 11) is 1.97. The summed E-state index contributed by atoms with van der Waals surface area (Å²) in [5.74, 6) is 0. The minimum absolute atomic E-state index is 0.401. The van der Waals surface area contributed by atoms with E-state index in [0.717, 1.165) is 12.8 Å². The number of nitrogens with zero attached hydrogens (tertiary/aromatic N) is 3. The predicted molar refractivity (Wildman–Crippen MR) is 59.1 cm³/mol. The molecule has 15 heavy (non-hydrogen) atoms. The predicted octanol–water partition coefficient (Wildman–Crippen LogP) is 1.23. The van der Waals surface area contributed by atoms with Crippen molar-refractivity contribution in [3.8, 4) is 0 Å². The van der Waals surface area contributed by atoms with Crippen LogP contribution < -0.4 is 0 Å². The lowest BCUT2D eigenvalue weighted by atomic mass is 10.0. The monoisotopic (exact) mass is 211 g/mol. The molecule has 0 bridgehead atoms. The van der Waals surface area contributed by atoms with Crippen molar-refractivity contribution in [2.75, 3.05) is 20.1 Å². The summed E-state index contributed by atoms with van der Waals surface area (Å²) in [6.07, 6.45) is 4.42. The van der Waals surface area contributed by atoms with Crippen LogP contribution in [0.3, 0.4) is 0 Å². The van der Waals surface area contributed by atoms with Crippen molar-refractivity contribution in [2.24, 2.45) is 4.99 Å². The van der Waals surface area contributed by atoms with Gasteiger partial charge in [-0.25, -0.2) is 4.79 Å². The molecular weight excluding hydrogens is 194 g/mol. The van der Waals surface area contributed by atoms with Crippen LogP contribution >= 0.6 is 0 Å². The molecule has 0 aromatic carbocycles. The van der Waals surface area contributed by atoms with Gasteiger partial charge in [0.15, 0.2) is 0 Å². The van der Waals surface area contributed by atoms with E-state index >= 15 is 0 Å². The summed E-state index contributed by atoms with van der Waals surface area (Å²) in [6.45, 7) is 4.59. The van der Waals surface area contributed by atoms with Crippen molar-refractivity contribution in [1.82, 2.24) is 9.80 Å². The van der Waals surface area contributed by atoms with Crippen molar-refractivity contribution in [1.29, 1.82) is 0 Å². The lowest BCUT2D eigenvalue weighted by Gasteiger charge is -2.34. The van der Waals surface area contributed by atoms with Crippen molar-refractivity contribution in [3.63, 3.8) is 0 Å². The SMILES string of the molecule is C=N/C=C\N(C)C1CCN(C(=O)O)CC1. The Bertz CT molecular complexity index is 257. The molecule has 1 rings (SSSR count). The van der Waals surface area contributed by atoms with Gasteiger partial charge in [-0.1, -0.05) is 0 Å². The van der Waals surface area contributed by atoms with Crippen LogP contribution in [-0.4, -0.2) is 53.9 Å². The van der Waals surface area contributed by atoms with Crippen LogP contribution in [0.2, 0.25) is 0 Å². The molecule has 1 fully saturated rings. The van der Waals surface area contributed by atoms with Crippen LogP contribution in [0.15, 0.2) is 17.4 Å². The van der Waals surface area contributed by atoms with Gasteiger partial charge >= 0.3 is 6.09 Å². The van der Waals surface area contributed by atoms with Gasteiger partial charge in [-0.3, -0.25) is 4.99 Å². The van der Waals surface area contributed by atoms with Gasteiger partial charge in [0.25, 0.3) is 0 Å². The zero-order valence-corrected chi connectivity index (χ0v) is 8.96. The summed E-state index contributed by atoms with van der Waals surface area (Å²) in [6, 6.07) is 0.401. The molecular formula is C10H17N3O2. The maximum atomic E-state index is 10.7. The summed E-state index contributed by atoms with van der Waals surface area (Å²) >= 11 is 0. The lowest BCUT2D eigenvalue weighted by Crippen LogP contribution is -2.43. The fraction of sp³-hybridized carbons (Fsp3) is 0.600. The van der Waals surface area contributed by atoms with Crippen molar-refractivity contribution in [3.05, 3.63) is 12.4 Å². The first-order valence-electron chi connectivity index (χ1n) is 4.97. The summed E-state index contributed by atoms with van der Waals surface area (Å²) in [5, 5.41) is 8.78. The smallest absolute Gasteiger partial charge is 0.407 e. The third kappa shape index (κ3) is 3.27. The Morgan fingerprint density at radius 1 is 1.60 bits per heavy atom. The van der Waals surface area contributed by atoms with Gasteiger partial charge in [-0.15, -0.1) is 0 Å². The van der Waals surface area contributed by atoms with Crippen LogP contribution in [0.4, 0.5) is 4.79 Å². The zero-order valence-electron chi connectivity index (χ0n) is 8.96. The van der Waals surface area contributed by atoms with E-state index in [1.54, 1.807) is 6.20 Å². The average Bonchev–Trinajstić information content (AvgIpc) is 2.26. The molecule has 0 aromatic heterocycles. The van der Waals surface area contributed by atoms with E-state index < -0.39 is 6.09 Å². The van der Waals surface area contributed by atoms with Crippen LogP contribution in [0.1, 0.15) is 12.8 Å². The first-order chi connectivity index (χ1) is 7.15. The van der Waals surface area contributed by atoms with Crippen molar-refractivity contribution < 1.29 is 9.90 Å². The molecule has 1 saturated heterocycles. The molecule has 0 spiro atoms. The molecule has 0 aliphatic carbocycles. The van der Waals surface area contributed by atoms with Crippen molar-refractivity contribution in [2.45, 2.75) is 18.9 Å². The van der Waals surface area contributed by atoms with E-state index in [2.05, 4.69) is 16.6 Å². The van der Waals surface area contributed by atoms with E-state index in [0.29, 0.717) is 19.1 Å². The second-order valence-corrected chi connectivity index (χ2v) is 3.65. The first-order valence-corrected chi connectivity index (χ1v) is 4.97. The van der Waals surface area contributed by atoms with Crippen LogP contribution in [0.25, 0.3) is 0 Å². The highest BCUT2D eigenvalue weighted by atomic mass is 16.4. The molecule has 0 radical (unpaired) electrons. The Kier molecular flexibility index (Phi) is 4.15. The van der Waals surface area contributed by atoms with Gasteiger partial charge in [-0.05, 0) is 19.6 Å². The number of rotatable bonds is 3. The van der Waals surface area contributed by atoms with E-state index in [4.69, 9.17) is 5.11 Å². The number of hydrogen-bond donors (Lipinski definition) is 1. The fourth-order valence-corrected chi connectivity index (χ4v) is 1.74. The number of hydrogen-bond acceptors (Lipinski definition) is 3. The Morgan fingerprint density at radius 2 is 2.20 bits per heavy atom. The van der Waals surface area contributed by atoms with E-state index in [9.17, 15) is 4.79 Å². The average molecular weight is 211 g/mol. The fourth-order valence-electron chi connectivity index (χ4n) is 1.74. The lowest BCUT2D eigenvalue weighted by molar-refractivity contribution is 0.117. The Morgan fingerprint density at radius 3 is 2.67 bits per heavy atom. The quantitative estimate of drug-likeness (QED) is 0.714. The summed E-state index contributed by atoms with van der Waals surface area (Å²) < 4.78 is 0. The summed E-state index contributed by atoms with van der Waals surface area (Å²) in [5.41, 5.74) is 0. The first kappa shape index (κ1) is 11.6. The van der Waals surface area contributed by atoms with Gasteiger partial charge in [-0.2, -0.15) is 0 Å². The molecule has 1 N–H and O–H groups in total. The molecule has 0 saturated carbocycles. The normalized spacial score (nSPS) is 18.1. The molecule has 84 valence electrons. The summed E-state index contributed by atoms with van der Waals surface area (Å²) in [4.78, 5) is 17.8. The molecule has 0 unspecified atom stereocenters. The van der Waals surface area contributed by atoms with Gasteiger partial charge < -0.3 is 14.9 Å². The maximum Gasteiger partial charge on any atom is 0.407 e. The maximum absolute atomic E-state index is 10.7. The standard InChI is InChI=1S/C10H17N3O2/c1-11-5-8-12(2)9-3-6-13(7-4-9)10(14)15/h5,8-9H,1,3-4,6-7H2,2H3,(H,14,15)/b8-5-. The second kappa shape index (κ2) is 5.38. The number of carboxylic acid groups (broad SMARTS) is 1. The topological polar surface area (TPSA) is 56.1 Å². The number of aliphatic imine (C=N–C) groups is 1. The number of piperidine rings is 1. The third-order valence-electron chi connectivity index (χ3n) is 2.72. The number of carbonyl (C=O) groups is 1. The minimum Gasteiger partial charge on any atom is -0.465 e. The zero-order chi connectivity index (χ0) is 11.3. The molecule has 5 nitrogen and oxygen atoms in total. The Balaban J connectivity index is 2.39. The van der Waals surface area contributed by atoms with E-state index in [1.165, 1.54) is 4.90 Å². The molecule has 1 amide bonds. The Labute approximate surface area is 89.7 Å². The highest BCUT2D eigenvalue weighted by Gasteiger charge is 2.23. The molecule has 1 aliphatic heterocycles. The minimum atomic E-state index is -0.820. The molecule has 1 aliphatic rings. The van der Waals surface area contributed by atoms with Crippen molar-refractivity contribution >= 4 is 12.8 Å². The van der Waals surface area contributed by atoms with Gasteiger partial charge in [0.05, 0.1) is 0 Å². The van der Waals surface area contributed by atoms with Crippen LogP contribution in [-0.2, 0) is 0 Å². The molecule has 1 heterocycles. The highest BCUT2D eigenvalue weighted by molar-refractivity contribution is 5.65. The van der Waals surface area contributed by atoms with Crippen LogP contribution in [0, 0.1) is 0 Å². The third-order valence-corrected chi connectivity index (χ3v) is 2.72. The number of amides is 1. The Hall–Kier alpha value is -1.52. The highest BCUT2D eigenvalue weighted by Crippen LogP contribution is 2.15. The number of likely N-dealkylation sites (tertiary alicyclic amines) is 1. The molecule has 5 heteroatoms. The largest absolute Gasteiger partial charge is 0.465 e. The second-order valence-electron chi connectivity index (χ2n) is 3.65. The molecule has 0 atom stereocenters. The van der Waals surface area contributed by atoms with Crippen LogP contribution in [0.5, 0.6) is 0 Å². The van der Waals surface area contributed by atoms with Gasteiger partial charge in [0.1, 0.15) is 0 Å². The van der Waals surface area contributed by atoms with E-state index in [-0.39, 0.29) is 0 Å². The molecule has 0 aromatic rings.